The zero-order chi connectivity index (χ0) is 36.6. The van der Waals surface area contributed by atoms with Crippen molar-refractivity contribution in [3.8, 4) is 11.5 Å². The number of anilines is 1. The van der Waals surface area contributed by atoms with E-state index in [1.807, 2.05) is 81.4 Å². The van der Waals surface area contributed by atoms with Gasteiger partial charge in [0.25, 0.3) is 10.0 Å². The van der Waals surface area contributed by atoms with Crippen LogP contribution in [0.25, 0.3) is 0 Å². The third kappa shape index (κ3) is 10.1. The number of carbonyl (C=O) groups excluding carboxylic acids is 2. The van der Waals surface area contributed by atoms with Crippen LogP contribution in [0.2, 0.25) is 10.0 Å². The van der Waals surface area contributed by atoms with Crippen LogP contribution in [0.4, 0.5) is 5.69 Å². The normalized spacial score (nSPS) is 12.1. The van der Waals surface area contributed by atoms with Crippen molar-refractivity contribution in [1.82, 2.24) is 10.2 Å². The molecule has 1 unspecified atom stereocenters. The van der Waals surface area contributed by atoms with Gasteiger partial charge in [-0.05, 0) is 92.6 Å². The van der Waals surface area contributed by atoms with Gasteiger partial charge in [0.05, 0.1) is 10.6 Å². The third-order valence-electron chi connectivity index (χ3n) is 7.84. The molecule has 2 amide bonds. The number of amides is 2. The fraction of sp³-hybridized carbons (Fsp3) is 0.200. The van der Waals surface area contributed by atoms with E-state index in [9.17, 15) is 18.0 Å². The Balaban J connectivity index is 1.58. The van der Waals surface area contributed by atoms with Gasteiger partial charge in [-0.15, -0.1) is 0 Å². The second kappa shape index (κ2) is 16.5. The Bertz CT molecular complexity index is 2040. The van der Waals surface area contributed by atoms with E-state index in [4.69, 9.17) is 27.9 Å². The second-order valence-electron chi connectivity index (χ2n) is 12.9. The van der Waals surface area contributed by atoms with Gasteiger partial charge in [0.15, 0.2) is 0 Å². The van der Waals surface area contributed by atoms with E-state index in [-0.39, 0.29) is 23.5 Å². The van der Waals surface area contributed by atoms with Gasteiger partial charge < -0.3 is 15.0 Å². The van der Waals surface area contributed by atoms with E-state index in [2.05, 4.69) is 5.32 Å². The standard InChI is InChI=1S/C40H39Cl2N3O5S/c1-40(2,3)43-39(47)37(25-29-13-7-4-8-14-29)44(27-30-19-20-31(41)26-36(30)42)38(46)28-45(51(48,49)35-17-11-6-12-18-35)32-21-23-34(24-22-32)50-33-15-9-5-10-16-33/h4-24,26,37H,25,27-28H2,1-3H3,(H,43,47). The van der Waals surface area contributed by atoms with Crippen molar-refractivity contribution in [1.29, 1.82) is 0 Å². The molecule has 0 fully saturated rings. The average molecular weight is 745 g/mol. The molecule has 0 saturated heterocycles. The summed E-state index contributed by atoms with van der Waals surface area (Å²) >= 11 is 12.8. The zero-order valence-electron chi connectivity index (χ0n) is 28.5. The highest BCUT2D eigenvalue weighted by atomic mass is 35.5. The lowest BCUT2D eigenvalue weighted by Crippen LogP contribution is -2.56. The van der Waals surface area contributed by atoms with Crippen LogP contribution in [0.5, 0.6) is 11.5 Å². The molecule has 0 aliphatic carbocycles. The lowest BCUT2D eigenvalue weighted by atomic mass is 10.0. The Labute approximate surface area is 309 Å². The van der Waals surface area contributed by atoms with Crippen LogP contribution in [-0.2, 0) is 32.6 Å². The van der Waals surface area contributed by atoms with Crippen molar-refractivity contribution in [2.45, 2.75) is 50.2 Å². The Kier molecular flexibility index (Phi) is 12.1. The smallest absolute Gasteiger partial charge is 0.264 e. The van der Waals surface area contributed by atoms with Gasteiger partial charge >= 0.3 is 0 Å². The summed E-state index contributed by atoms with van der Waals surface area (Å²) in [6, 6.07) is 36.7. The lowest BCUT2D eigenvalue weighted by molar-refractivity contribution is -0.140. The van der Waals surface area contributed by atoms with Gasteiger partial charge in [-0.1, -0.05) is 96.0 Å². The molecule has 0 aliphatic rings. The topological polar surface area (TPSA) is 96.0 Å². The van der Waals surface area contributed by atoms with Gasteiger partial charge in [-0.25, -0.2) is 8.42 Å². The number of sulfonamides is 1. The molecule has 0 aromatic heterocycles. The molecule has 0 heterocycles. The van der Waals surface area contributed by atoms with E-state index in [1.54, 1.807) is 60.7 Å². The first-order valence-corrected chi connectivity index (χ1v) is 18.5. The third-order valence-corrected chi connectivity index (χ3v) is 10.2. The highest BCUT2D eigenvalue weighted by Gasteiger charge is 2.36. The molecular weight excluding hydrogens is 705 g/mol. The van der Waals surface area contributed by atoms with E-state index >= 15 is 0 Å². The summed E-state index contributed by atoms with van der Waals surface area (Å²) in [6.07, 6.45) is 0.163. The molecule has 0 saturated carbocycles. The predicted octanol–water partition coefficient (Wildman–Crippen LogP) is 8.54. The van der Waals surface area contributed by atoms with E-state index in [0.717, 1.165) is 9.87 Å². The Morgan fingerprint density at radius 3 is 1.92 bits per heavy atom. The Morgan fingerprint density at radius 1 is 0.765 bits per heavy atom. The summed E-state index contributed by atoms with van der Waals surface area (Å²) in [5, 5.41) is 3.73. The largest absolute Gasteiger partial charge is 0.457 e. The number of nitrogens with zero attached hydrogens (tertiary/aromatic N) is 2. The van der Waals surface area contributed by atoms with Gasteiger partial charge in [-0.2, -0.15) is 0 Å². The number of ether oxygens (including phenoxy) is 1. The van der Waals surface area contributed by atoms with Crippen LogP contribution in [0.3, 0.4) is 0 Å². The molecule has 11 heteroatoms. The summed E-state index contributed by atoms with van der Waals surface area (Å²) in [5.41, 5.74) is 0.964. The zero-order valence-corrected chi connectivity index (χ0v) is 30.8. The molecule has 5 aromatic carbocycles. The molecule has 51 heavy (non-hydrogen) atoms. The number of hydrogen-bond donors (Lipinski definition) is 1. The predicted molar refractivity (Wildman–Crippen MR) is 203 cm³/mol. The molecule has 0 radical (unpaired) electrons. The summed E-state index contributed by atoms with van der Waals surface area (Å²) in [6.45, 7) is 4.85. The van der Waals surface area contributed by atoms with Crippen LogP contribution in [0.1, 0.15) is 31.9 Å². The molecular formula is C40H39Cl2N3O5S. The minimum atomic E-state index is -4.27. The first-order chi connectivity index (χ1) is 24.3. The SMILES string of the molecule is CC(C)(C)NC(=O)C(Cc1ccccc1)N(Cc1ccc(Cl)cc1Cl)C(=O)CN(c1ccc(Oc2ccccc2)cc1)S(=O)(=O)c1ccccc1. The van der Waals surface area contributed by atoms with Crippen molar-refractivity contribution in [2.24, 2.45) is 0 Å². The Morgan fingerprint density at radius 2 is 1.33 bits per heavy atom. The second-order valence-corrected chi connectivity index (χ2v) is 15.6. The maximum absolute atomic E-state index is 14.7. The average Bonchev–Trinajstić information content (AvgIpc) is 3.10. The molecule has 1 N–H and O–H groups in total. The van der Waals surface area contributed by atoms with E-state index in [1.165, 1.54) is 17.0 Å². The number of para-hydroxylation sites is 1. The van der Waals surface area contributed by atoms with Crippen molar-refractivity contribution in [3.63, 3.8) is 0 Å². The quantitative estimate of drug-likeness (QED) is 0.130. The monoisotopic (exact) mass is 743 g/mol. The Hall–Kier alpha value is -4.83. The summed E-state index contributed by atoms with van der Waals surface area (Å²) in [7, 11) is -4.27. The highest BCUT2D eigenvalue weighted by Crippen LogP contribution is 2.30. The highest BCUT2D eigenvalue weighted by molar-refractivity contribution is 7.92. The maximum atomic E-state index is 14.7. The van der Waals surface area contributed by atoms with Gasteiger partial charge in [-0.3, -0.25) is 13.9 Å². The molecule has 5 aromatic rings. The first-order valence-electron chi connectivity index (χ1n) is 16.3. The van der Waals surface area contributed by atoms with E-state index in [0.29, 0.717) is 27.1 Å². The molecule has 5 rings (SSSR count). The minimum Gasteiger partial charge on any atom is -0.457 e. The molecule has 0 aliphatic heterocycles. The van der Waals surface area contributed by atoms with Crippen molar-refractivity contribution in [3.05, 3.63) is 155 Å². The summed E-state index contributed by atoms with van der Waals surface area (Å²) in [5.74, 6) is 0.0811. The summed E-state index contributed by atoms with van der Waals surface area (Å²) < 4.78 is 35.6. The van der Waals surface area contributed by atoms with Gasteiger partial charge in [0.1, 0.15) is 24.1 Å². The fourth-order valence-electron chi connectivity index (χ4n) is 5.39. The lowest BCUT2D eigenvalue weighted by Gasteiger charge is -2.35. The van der Waals surface area contributed by atoms with Gasteiger partial charge in [0.2, 0.25) is 11.8 Å². The number of rotatable bonds is 13. The van der Waals surface area contributed by atoms with Gasteiger partial charge in [0, 0.05) is 28.5 Å². The molecule has 264 valence electrons. The summed E-state index contributed by atoms with van der Waals surface area (Å²) in [4.78, 5) is 30.2. The number of carbonyl (C=O) groups is 2. The van der Waals surface area contributed by atoms with Crippen molar-refractivity contribution in [2.75, 3.05) is 10.8 Å². The maximum Gasteiger partial charge on any atom is 0.264 e. The van der Waals surface area contributed by atoms with Crippen LogP contribution in [0.15, 0.2) is 138 Å². The number of hydrogen-bond acceptors (Lipinski definition) is 5. The van der Waals surface area contributed by atoms with Crippen molar-refractivity contribution < 1.29 is 22.7 Å². The number of halogens is 2. The first kappa shape index (κ1) is 37.4. The van der Waals surface area contributed by atoms with E-state index < -0.39 is 40.0 Å². The number of benzene rings is 5. The molecule has 0 bridgehead atoms. The van der Waals surface area contributed by atoms with Crippen LogP contribution >= 0.6 is 23.2 Å². The minimum absolute atomic E-state index is 0.000943. The molecule has 1 atom stereocenters. The van der Waals surface area contributed by atoms with Crippen LogP contribution < -0.4 is 14.4 Å². The van der Waals surface area contributed by atoms with Crippen LogP contribution in [-0.4, -0.2) is 43.3 Å². The molecule has 0 spiro atoms. The van der Waals surface area contributed by atoms with Crippen molar-refractivity contribution >= 4 is 50.7 Å². The van der Waals surface area contributed by atoms with Crippen LogP contribution in [0, 0.1) is 0 Å². The number of nitrogens with one attached hydrogen (secondary N) is 1. The fourth-order valence-corrected chi connectivity index (χ4v) is 7.30. The molecule has 8 nitrogen and oxygen atoms in total.